The Bertz CT molecular complexity index is 616. The van der Waals surface area contributed by atoms with E-state index < -0.39 is 5.97 Å². The fourth-order valence-electron chi connectivity index (χ4n) is 4.23. The Hall–Kier alpha value is -2.08. The number of urea groups is 1. The van der Waals surface area contributed by atoms with E-state index >= 15 is 0 Å². The normalized spacial score (nSPS) is 21.8. The number of hydrogen-bond acceptors (Lipinski definition) is 3. The highest BCUT2D eigenvalue weighted by atomic mass is 16.5. The molecule has 6 nitrogen and oxygen atoms in total. The summed E-state index contributed by atoms with van der Waals surface area (Å²) >= 11 is 0. The van der Waals surface area contributed by atoms with Crippen LogP contribution in [-0.2, 0) is 16.0 Å². The van der Waals surface area contributed by atoms with Gasteiger partial charge in [-0.3, -0.25) is 4.79 Å². The van der Waals surface area contributed by atoms with Crippen molar-refractivity contribution in [3.63, 3.8) is 0 Å². The van der Waals surface area contributed by atoms with Crippen molar-refractivity contribution in [3.05, 3.63) is 35.9 Å². The van der Waals surface area contributed by atoms with Crippen LogP contribution in [0.15, 0.2) is 30.3 Å². The minimum Gasteiger partial charge on any atom is -0.481 e. The molecule has 6 heteroatoms. The number of benzene rings is 1. The first kappa shape index (κ1) is 19.7. The van der Waals surface area contributed by atoms with Crippen molar-refractivity contribution in [1.29, 1.82) is 0 Å². The molecule has 1 aromatic carbocycles. The molecule has 0 radical (unpaired) electrons. The van der Waals surface area contributed by atoms with Gasteiger partial charge >= 0.3 is 12.0 Å². The van der Waals surface area contributed by atoms with E-state index in [1.165, 1.54) is 0 Å². The summed E-state index contributed by atoms with van der Waals surface area (Å²) in [6, 6.07) is 9.67. The fraction of sp³-hybridized carbons (Fsp3) is 0.619. The quantitative estimate of drug-likeness (QED) is 0.769. The van der Waals surface area contributed by atoms with E-state index in [0.717, 1.165) is 51.1 Å². The van der Waals surface area contributed by atoms with Crippen LogP contribution >= 0.6 is 0 Å². The number of nitrogens with zero attached hydrogens (tertiary/aromatic N) is 1. The third-order valence-corrected chi connectivity index (χ3v) is 5.80. The van der Waals surface area contributed by atoms with E-state index in [1.807, 2.05) is 35.2 Å². The number of rotatable bonds is 7. The van der Waals surface area contributed by atoms with Crippen LogP contribution < -0.4 is 5.32 Å². The molecule has 0 aliphatic carbocycles. The molecular weight excluding hydrogens is 344 g/mol. The Kier molecular flexibility index (Phi) is 7.10. The highest BCUT2D eigenvalue weighted by molar-refractivity contribution is 5.75. The molecule has 0 saturated carbocycles. The summed E-state index contributed by atoms with van der Waals surface area (Å²) in [5.74, 6) is 0.387. The number of aliphatic carboxylic acids is 1. The van der Waals surface area contributed by atoms with Crippen LogP contribution in [0, 0.1) is 11.8 Å². The summed E-state index contributed by atoms with van der Waals surface area (Å²) in [6.45, 7) is 3.25. The summed E-state index contributed by atoms with van der Waals surface area (Å²) in [4.78, 5) is 25.6. The first-order valence-electron chi connectivity index (χ1n) is 10.0. The first-order chi connectivity index (χ1) is 13.1. The molecule has 2 aliphatic rings. The summed E-state index contributed by atoms with van der Waals surface area (Å²) in [5, 5.41) is 12.1. The van der Waals surface area contributed by atoms with Gasteiger partial charge in [0.25, 0.3) is 0 Å². The smallest absolute Gasteiger partial charge is 0.317 e. The minimum absolute atomic E-state index is 0.0580. The van der Waals surface area contributed by atoms with Crippen molar-refractivity contribution < 1.29 is 19.4 Å². The van der Waals surface area contributed by atoms with Gasteiger partial charge in [-0.25, -0.2) is 4.79 Å². The molecular formula is C21H30N2O4. The van der Waals surface area contributed by atoms with Gasteiger partial charge in [0.2, 0.25) is 0 Å². The maximum Gasteiger partial charge on any atom is 0.317 e. The second kappa shape index (κ2) is 9.74. The Balaban J connectivity index is 1.54. The molecule has 0 bridgehead atoms. The summed E-state index contributed by atoms with van der Waals surface area (Å²) in [5.41, 5.74) is 1.11. The summed E-state index contributed by atoms with van der Waals surface area (Å²) in [6.07, 6.45) is 4.38. The number of ether oxygens (including phenoxy) is 1. The molecule has 2 saturated heterocycles. The Morgan fingerprint density at radius 2 is 1.89 bits per heavy atom. The van der Waals surface area contributed by atoms with E-state index in [0.29, 0.717) is 24.7 Å². The molecule has 2 N–H and O–H groups in total. The van der Waals surface area contributed by atoms with Crippen LogP contribution in [-0.4, -0.2) is 54.4 Å². The van der Waals surface area contributed by atoms with E-state index in [2.05, 4.69) is 5.32 Å². The number of amides is 2. The van der Waals surface area contributed by atoms with Gasteiger partial charge in [-0.1, -0.05) is 30.3 Å². The van der Waals surface area contributed by atoms with Crippen molar-refractivity contribution in [2.75, 3.05) is 26.3 Å². The summed E-state index contributed by atoms with van der Waals surface area (Å²) < 4.78 is 5.45. The van der Waals surface area contributed by atoms with E-state index in [-0.39, 0.29) is 18.5 Å². The molecule has 0 spiro atoms. The van der Waals surface area contributed by atoms with Crippen LogP contribution in [0.25, 0.3) is 0 Å². The van der Waals surface area contributed by atoms with E-state index in [4.69, 9.17) is 9.84 Å². The summed E-state index contributed by atoms with van der Waals surface area (Å²) in [7, 11) is 0. The van der Waals surface area contributed by atoms with Gasteiger partial charge in [0.05, 0.1) is 0 Å². The van der Waals surface area contributed by atoms with Gasteiger partial charge in [0.1, 0.15) is 0 Å². The monoisotopic (exact) mass is 374 g/mol. The molecule has 2 heterocycles. The van der Waals surface area contributed by atoms with Gasteiger partial charge in [0.15, 0.2) is 0 Å². The van der Waals surface area contributed by atoms with Crippen LogP contribution in [0.4, 0.5) is 4.79 Å². The number of carboxylic acids is 1. The highest BCUT2D eigenvalue weighted by Gasteiger charge is 2.33. The zero-order chi connectivity index (χ0) is 19.1. The molecule has 148 valence electrons. The second-order valence-corrected chi connectivity index (χ2v) is 7.71. The fourth-order valence-corrected chi connectivity index (χ4v) is 4.23. The third kappa shape index (κ3) is 5.96. The minimum atomic E-state index is -0.830. The molecule has 0 aromatic heterocycles. The molecule has 27 heavy (non-hydrogen) atoms. The van der Waals surface area contributed by atoms with Crippen LogP contribution in [0.3, 0.4) is 0 Å². The van der Waals surface area contributed by atoms with Crippen molar-refractivity contribution >= 4 is 12.0 Å². The molecule has 2 aliphatic heterocycles. The third-order valence-electron chi connectivity index (χ3n) is 5.80. The standard InChI is InChI=1S/C21H30N2O4/c24-20(25)7-6-19(14-16-4-2-1-3-5-16)22-21(26)23-11-8-18(15-23)17-9-12-27-13-10-17/h1-5,17-19H,6-15H2,(H,22,26)(H,24,25). The van der Waals surface area contributed by atoms with Gasteiger partial charge in [0, 0.05) is 38.8 Å². The number of hydrogen-bond donors (Lipinski definition) is 2. The molecule has 1 aromatic rings. The van der Waals surface area contributed by atoms with Crippen LogP contribution in [0.5, 0.6) is 0 Å². The van der Waals surface area contributed by atoms with Crippen molar-refractivity contribution in [2.24, 2.45) is 11.8 Å². The van der Waals surface area contributed by atoms with Crippen LogP contribution in [0.2, 0.25) is 0 Å². The van der Waals surface area contributed by atoms with Crippen molar-refractivity contribution in [3.8, 4) is 0 Å². The van der Waals surface area contributed by atoms with Crippen LogP contribution in [0.1, 0.15) is 37.7 Å². The molecule has 2 atom stereocenters. The largest absolute Gasteiger partial charge is 0.481 e. The molecule has 3 rings (SSSR count). The predicted octanol–water partition coefficient (Wildman–Crippen LogP) is 2.92. The maximum atomic E-state index is 12.8. The Labute approximate surface area is 160 Å². The number of nitrogens with one attached hydrogen (secondary N) is 1. The number of carboxylic acid groups (broad SMARTS) is 1. The Morgan fingerprint density at radius 1 is 1.15 bits per heavy atom. The zero-order valence-electron chi connectivity index (χ0n) is 15.8. The predicted molar refractivity (Wildman–Crippen MR) is 103 cm³/mol. The lowest BCUT2D eigenvalue weighted by Gasteiger charge is -2.28. The van der Waals surface area contributed by atoms with E-state index in [9.17, 15) is 9.59 Å². The second-order valence-electron chi connectivity index (χ2n) is 7.71. The number of likely N-dealkylation sites (tertiary alicyclic amines) is 1. The van der Waals surface area contributed by atoms with Gasteiger partial charge in [-0.2, -0.15) is 0 Å². The highest BCUT2D eigenvalue weighted by Crippen LogP contribution is 2.31. The average Bonchev–Trinajstić information content (AvgIpc) is 3.18. The lowest BCUT2D eigenvalue weighted by atomic mass is 9.85. The van der Waals surface area contributed by atoms with Gasteiger partial charge in [-0.05, 0) is 49.5 Å². The average molecular weight is 374 g/mol. The topological polar surface area (TPSA) is 78.9 Å². The molecule has 2 amide bonds. The van der Waals surface area contributed by atoms with E-state index in [1.54, 1.807) is 0 Å². The van der Waals surface area contributed by atoms with Crippen molar-refractivity contribution in [1.82, 2.24) is 10.2 Å². The number of carbonyl (C=O) groups is 2. The Morgan fingerprint density at radius 3 is 2.59 bits per heavy atom. The zero-order valence-corrected chi connectivity index (χ0v) is 15.8. The lowest BCUT2D eigenvalue weighted by Crippen LogP contribution is -2.45. The maximum absolute atomic E-state index is 12.8. The number of carbonyl (C=O) groups excluding carboxylic acids is 1. The first-order valence-corrected chi connectivity index (χ1v) is 10.0. The molecule has 2 unspecified atom stereocenters. The lowest BCUT2D eigenvalue weighted by molar-refractivity contribution is -0.137. The SMILES string of the molecule is O=C(O)CCC(Cc1ccccc1)NC(=O)N1CCC(C2CCOCC2)C1. The van der Waals surface area contributed by atoms with Gasteiger partial charge < -0.3 is 20.1 Å². The molecule has 2 fully saturated rings. The van der Waals surface area contributed by atoms with Crippen molar-refractivity contribution in [2.45, 2.75) is 44.6 Å². The van der Waals surface area contributed by atoms with Gasteiger partial charge in [-0.15, -0.1) is 0 Å².